The Balaban J connectivity index is 2.41. The fourth-order valence-corrected chi connectivity index (χ4v) is 1.85. The van der Waals surface area contributed by atoms with Crippen molar-refractivity contribution in [2.45, 2.75) is 13.8 Å². The number of pyridine rings is 1. The third kappa shape index (κ3) is 2.40. The van der Waals surface area contributed by atoms with E-state index in [4.69, 9.17) is 4.74 Å². The maximum Gasteiger partial charge on any atom is 0.194 e. The molecule has 0 unspecified atom stereocenters. The van der Waals surface area contributed by atoms with Crippen LogP contribution in [0.25, 0.3) is 0 Å². The molecule has 0 aliphatic rings. The first kappa shape index (κ1) is 12.3. The minimum absolute atomic E-state index is 0.0288. The van der Waals surface area contributed by atoms with Crippen LogP contribution in [0.2, 0.25) is 0 Å². The van der Waals surface area contributed by atoms with E-state index in [1.807, 2.05) is 38.1 Å². The lowest BCUT2D eigenvalue weighted by atomic mass is 10.0. The van der Waals surface area contributed by atoms with Crippen LogP contribution in [0.5, 0.6) is 5.75 Å². The Morgan fingerprint density at radius 2 is 1.94 bits per heavy atom. The molecule has 0 radical (unpaired) electrons. The van der Waals surface area contributed by atoms with Gasteiger partial charge in [0.1, 0.15) is 5.75 Å². The Bertz CT molecular complexity index is 591. The highest BCUT2D eigenvalue weighted by Gasteiger charge is 2.13. The van der Waals surface area contributed by atoms with Crippen molar-refractivity contribution in [2.75, 3.05) is 7.11 Å². The monoisotopic (exact) mass is 241 g/mol. The first-order valence-electron chi connectivity index (χ1n) is 5.75. The smallest absolute Gasteiger partial charge is 0.194 e. The number of carbonyl (C=O) groups is 1. The van der Waals surface area contributed by atoms with Gasteiger partial charge in [-0.3, -0.25) is 9.78 Å². The topological polar surface area (TPSA) is 39.2 Å². The zero-order valence-electron chi connectivity index (χ0n) is 10.7. The Labute approximate surface area is 106 Å². The molecule has 0 aliphatic heterocycles. The Hall–Kier alpha value is -2.16. The standard InChI is InChI=1S/C15H15NO2/c1-10-7-8-14(11(2)16-10)15(17)12-5-4-6-13(9-12)18-3/h4-9H,1-3H3. The molecular weight excluding hydrogens is 226 g/mol. The normalized spacial score (nSPS) is 10.2. The molecule has 18 heavy (non-hydrogen) atoms. The minimum Gasteiger partial charge on any atom is -0.497 e. The summed E-state index contributed by atoms with van der Waals surface area (Å²) in [5.74, 6) is 0.650. The highest BCUT2D eigenvalue weighted by molar-refractivity contribution is 6.09. The number of benzene rings is 1. The molecule has 92 valence electrons. The van der Waals surface area contributed by atoms with Crippen molar-refractivity contribution >= 4 is 5.78 Å². The molecule has 1 aromatic carbocycles. The SMILES string of the molecule is COc1cccc(C(=O)c2ccc(C)nc2C)c1. The molecule has 0 bridgehead atoms. The van der Waals surface area contributed by atoms with E-state index in [0.717, 1.165) is 11.4 Å². The summed E-state index contributed by atoms with van der Waals surface area (Å²) in [6.07, 6.45) is 0. The van der Waals surface area contributed by atoms with Crippen LogP contribution in [0.3, 0.4) is 0 Å². The molecule has 0 amide bonds. The molecule has 0 N–H and O–H groups in total. The average Bonchev–Trinajstić information content (AvgIpc) is 2.38. The van der Waals surface area contributed by atoms with E-state index in [9.17, 15) is 4.79 Å². The van der Waals surface area contributed by atoms with Crippen LogP contribution in [0.1, 0.15) is 27.3 Å². The van der Waals surface area contributed by atoms with Crippen LogP contribution in [0.4, 0.5) is 0 Å². The summed E-state index contributed by atoms with van der Waals surface area (Å²) in [5, 5.41) is 0. The predicted octanol–water partition coefficient (Wildman–Crippen LogP) is 2.94. The van der Waals surface area contributed by atoms with Gasteiger partial charge in [-0.15, -0.1) is 0 Å². The van der Waals surface area contributed by atoms with Gasteiger partial charge in [0.15, 0.2) is 5.78 Å². The van der Waals surface area contributed by atoms with Gasteiger partial charge in [0.05, 0.1) is 7.11 Å². The van der Waals surface area contributed by atoms with E-state index in [1.54, 1.807) is 19.2 Å². The summed E-state index contributed by atoms with van der Waals surface area (Å²) in [4.78, 5) is 16.7. The molecule has 0 saturated carbocycles. The highest BCUT2D eigenvalue weighted by atomic mass is 16.5. The molecule has 0 fully saturated rings. The number of rotatable bonds is 3. The number of ketones is 1. The largest absolute Gasteiger partial charge is 0.497 e. The van der Waals surface area contributed by atoms with Crippen molar-refractivity contribution in [2.24, 2.45) is 0 Å². The summed E-state index contributed by atoms with van der Waals surface area (Å²) in [5.41, 5.74) is 2.91. The van der Waals surface area contributed by atoms with Crippen molar-refractivity contribution in [3.8, 4) is 5.75 Å². The number of hydrogen-bond donors (Lipinski definition) is 0. The van der Waals surface area contributed by atoms with Crippen LogP contribution in [-0.4, -0.2) is 17.9 Å². The van der Waals surface area contributed by atoms with Gasteiger partial charge in [0, 0.05) is 22.5 Å². The minimum atomic E-state index is -0.0288. The molecule has 2 aromatic rings. The quantitative estimate of drug-likeness (QED) is 0.775. The number of nitrogens with zero attached hydrogens (tertiary/aromatic N) is 1. The maximum atomic E-state index is 12.4. The lowest BCUT2D eigenvalue weighted by Gasteiger charge is -2.06. The number of aryl methyl sites for hydroxylation is 2. The molecule has 0 spiro atoms. The zero-order valence-corrected chi connectivity index (χ0v) is 10.7. The molecule has 1 aromatic heterocycles. The van der Waals surface area contributed by atoms with Crippen molar-refractivity contribution in [1.82, 2.24) is 4.98 Å². The highest BCUT2D eigenvalue weighted by Crippen LogP contribution is 2.17. The van der Waals surface area contributed by atoms with Gasteiger partial charge >= 0.3 is 0 Å². The first-order chi connectivity index (χ1) is 8.61. The number of ether oxygens (including phenoxy) is 1. The summed E-state index contributed by atoms with van der Waals surface area (Å²) in [6.45, 7) is 3.76. The molecular formula is C15H15NO2. The second kappa shape index (κ2) is 5.00. The molecule has 0 aliphatic carbocycles. The van der Waals surface area contributed by atoms with Crippen molar-refractivity contribution < 1.29 is 9.53 Å². The van der Waals surface area contributed by atoms with E-state index in [2.05, 4.69) is 4.98 Å². The molecule has 3 nitrogen and oxygen atoms in total. The van der Waals surface area contributed by atoms with E-state index in [0.29, 0.717) is 16.9 Å². The average molecular weight is 241 g/mol. The lowest BCUT2D eigenvalue weighted by Crippen LogP contribution is -2.05. The van der Waals surface area contributed by atoms with Crippen LogP contribution in [-0.2, 0) is 0 Å². The zero-order chi connectivity index (χ0) is 13.1. The van der Waals surface area contributed by atoms with Crippen LogP contribution in [0, 0.1) is 13.8 Å². The Kier molecular flexibility index (Phi) is 3.42. The fraction of sp³-hybridized carbons (Fsp3) is 0.200. The molecule has 2 rings (SSSR count). The van der Waals surface area contributed by atoms with Crippen LogP contribution in [0.15, 0.2) is 36.4 Å². The van der Waals surface area contributed by atoms with Crippen molar-refractivity contribution in [1.29, 1.82) is 0 Å². The van der Waals surface area contributed by atoms with Gasteiger partial charge in [-0.05, 0) is 38.1 Å². The van der Waals surface area contributed by atoms with Gasteiger partial charge in [-0.1, -0.05) is 12.1 Å². The second-order valence-electron chi connectivity index (χ2n) is 4.15. The van der Waals surface area contributed by atoms with Gasteiger partial charge in [-0.2, -0.15) is 0 Å². The van der Waals surface area contributed by atoms with E-state index in [-0.39, 0.29) is 5.78 Å². The third-order valence-corrected chi connectivity index (χ3v) is 2.80. The van der Waals surface area contributed by atoms with Crippen molar-refractivity contribution in [3.05, 3.63) is 58.9 Å². The van der Waals surface area contributed by atoms with Gasteiger partial charge in [0.25, 0.3) is 0 Å². The number of hydrogen-bond acceptors (Lipinski definition) is 3. The lowest BCUT2D eigenvalue weighted by molar-refractivity contribution is 0.103. The second-order valence-corrected chi connectivity index (χ2v) is 4.15. The predicted molar refractivity (Wildman–Crippen MR) is 70.1 cm³/mol. The van der Waals surface area contributed by atoms with Gasteiger partial charge < -0.3 is 4.74 Å². The third-order valence-electron chi connectivity index (χ3n) is 2.80. The number of carbonyl (C=O) groups excluding carboxylic acids is 1. The molecule has 0 atom stereocenters. The van der Waals surface area contributed by atoms with E-state index in [1.165, 1.54) is 0 Å². The maximum absolute atomic E-state index is 12.4. The van der Waals surface area contributed by atoms with E-state index < -0.39 is 0 Å². The summed E-state index contributed by atoms with van der Waals surface area (Å²) in [7, 11) is 1.59. The first-order valence-corrected chi connectivity index (χ1v) is 5.75. The van der Waals surface area contributed by atoms with Gasteiger partial charge in [0.2, 0.25) is 0 Å². The van der Waals surface area contributed by atoms with E-state index >= 15 is 0 Å². The summed E-state index contributed by atoms with van der Waals surface area (Å²) in [6, 6.07) is 10.8. The van der Waals surface area contributed by atoms with Gasteiger partial charge in [-0.25, -0.2) is 0 Å². The summed E-state index contributed by atoms with van der Waals surface area (Å²) < 4.78 is 5.12. The Morgan fingerprint density at radius 3 is 2.61 bits per heavy atom. The number of aromatic nitrogens is 1. The fourth-order valence-electron chi connectivity index (χ4n) is 1.85. The number of methoxy groups -OCH3 is 1. The van der Waals surface area contributed by atoms with Crippen LogP contribution >= 0.6 is 0 Å². The van der Waals surface area contributed by atoms with Crippen LogP contribution < -0.4 is 4.74 Å². The molecule has 1 heterocycles. The Morgan fingerprint density at radius 1 is 1.17 bits per heavy atom. The molecule has 3 heteroatoms. The van der Waals surface area contributed by atoms with Crippen molar-refractivity contribution in [3.63, 3.8) is 0 Å². The summed E-state index contributed by atoms with van der Waals surface area (Å²) >= 11 is 0. The molecule has 0 saturated heterocycles.